The monoisotopic (exact) mass is 279 g/mol. The first-order chi connectivity index (χ1) is 9.56. The minimum absolute atomic E-state index is 0.0482. The second-order valence-electron chi connectivity index (χ2n) is 4.71. The molecule has 7 nitrogen and oxygen atoms in total. The Bertz CT molecular complexity index is 524. The number of carbonyl (C=O) groups excluding carboxylic acids is 1. The highest BCUT2D eigenvalue weighted by atomic mass is 16.4. The van der Waals surface area contributed by atoms with Crippen molar-refractivity contribution in [3.8, 4) is 11.5 Å². The molecule has 20 heavy (non-hydrogen) atoms. The Morgan fingerprint density at radius 2 is 1.95 bits per heavy atom. The van der Waals surface area contributed by atoms with Crippen molar-refractivity contribution in [2.75, 3.05) is 6.54 Å². The molecule has 0 aromatic heterocycles. The number of carbonyl (C=O) groups is 1. The van der Waals surface area contributed by atoms with Gasteiger partial charge in [-0.1, -0.05) is 11.2 Å². The molecule has 0 saturated carbocycles. The number of amides is 1. The molecule has 1 aliphatic heterocycles. The molecule has 1 aromatic rings. The Morgan fingerprint density at radius 3 is 2.55 bits per heavy atom. The Labute approximate surface area is 115 Å². The Hall–Kier alpha value is -2.44. The van der Waals surface area contributed by atoms with Crippen LogP contribution in [0.4, 0.5) is 0 Å². The predicted octanol–water partition coefficient (Wildman–Crippen LogP) is 0.839. The van der Waals surface area contributed by atoms with Gasteiger partial charge in [-0.15, -0.1) is 0 Å². The number of amidine groups is 1. The summed E-state index contributed by atoms with van der Waals surface area (Å²) in [5.41, 5.74) is 5.45. The third-order valence-corrected chi connectivity index (χ3v) is 3.45. The lowest BCUT2D eigenvalue weighted by atomic mass is 9.99. The lowest BCUT2D eigenvalue weighted by Crippen LogP contribution is -2.50. The molecule has 2 rings (SSSR count). The number of likely N-dealkylation sites (tertiary alicyclic amines) is 1. The summed E-state index contributed by atoms with van der Waals surface area (Å²) >= 11 is 0. The Kier molecular flexibility index (Phi) is 3.97. The summed E-state index contributed by atoms with van der Waals surface area (Å²) in [4.78, 5) is 13.9. The second-order valence-corrected chi connectivity index (χ2v) is 4.71. The van der Waals surface area contributed by atoms with E-state index in [4.69, 9.17) is 10.9 Å². The summed E-state index contributed by atoms with van der Waals surface area (Å²) in [6, 6.07) is 3.57. The quantitative estimate of drug-likeness (QED) is 0.277. The van der Waals surface area contributed by atoms with Gasteiger partial charge < -0.3 is 26.1 Å². The fraction of sp³-hybridized carbons (Fsp3) is 0.385. The van der Waals surface area contributed by atoms with E-state index < -0.39 is 11.9 Å². The minimum atomic E-state index is -0.531. The molecular formula is C13H17N3O4. The smallest absolute Gasteiger partial charge is 0.262 e. The van der Waals surface area contributed by atoms with Gasteiger partial charge in [0.2, 0.25) is 0 Å². The van der Waals surface area contributed by atoms with E-state index in [1.807, 2.05) is 0 Å². The van der Waals surface area contributed by atoms with Gasteiger partial charge in [-0.05, 0) is 31.4 Å². The van der Waals surface area contributed by atoms with Gasteiger partial charge in [0.05, 0.1) is 6.04 Å². The van der Waals surface area contributed by atoms with Crippen molar-refractivity contribution in [3.63, 3.8) is 0 Å². The number of oxime groups is 1. The van der Waals surface area contributed by atoms with Gasteiger partial charge in [-0.25, -0.2) is 0 Å². The largest absolute Gasteiger partial charge is 0.507 e. The maximum atomic E-state index is 12.5. The minimum Gasteiger partial charge on any atom is -0.507 e. The average molecular weight is 279 g/mol. The van der Waals surface area contributed by atoms with Crippen LogP contribution < -0.4 is 5.73 Å². The molecule has 0 bridgehead atoms. The van der Waals surface area contributed by atoms with Gasteiger partial charge in [0.25, 0.3) is 5.91 Å². The van der Waals surface area contributed by atoms with Crippen LogP contribution in [-0.2, 0) is 0 Å². The van der Waals surface area contributed by atoms with Crippen molar-refractivity contribution in [2.45, 2.75) is 25.3 Å². The van der Waals surface area contributed by atoms with Gasteiger partial charge in [-0.2, -0.15) is 0 Å². The van der Waals surface area contributed by atoms with E-state index in [-0.39, 0.29) is 22.9 Å². The van der Waals surface area contributed by atoms with Crippen LogP contribution in [0.2, 0.25) is 0 Å². The Morgan fingerprint density at radius 1 is 1.30 bits per heavy atom. The first kappa shape index (κ1) is 14.0. The maximum absolute atomic E-state index is 12.5. The number of piperidine rings is 1. The van der Waals surface area contributed by atoms with Crippen molar-refractivity contribution < 1.29 is 20.2 Å². The lowest BCUT2D eigenvalue weighted by molar-refractivity contribution is 0.0670. The molecule has 1 aromatic carbocycles. The molecule has 1 aliphatic rings. The fourth-order valence-electron chi connectivity index (χ4n) is 2.44. The maximum Gasteiger partial charge on any atom is 0.262 e. The van der Waals surface area contributed by atoms with Crippen LogP contribution in [0.25, 0.3) is 0 Å². The zero-order chi connectivity index (χ0) is 14.7. The number of phenols is 2. The number of rotatable bonds is 2. The predicted molar refractivity (Wildman–Crippen MR) is 71.9 cm³/mol. The molecule has 1 amide bonds. The first-order valence-electron chi connectivity index (χ1n) is 6.35. The van der Waals surface area contributed by atoms with Crippen molar-refractivity contribution in [1.82, 2.24) is 4.90 Å². The third-order valence-electron chi connectivity index (χ3n) is 3.45. The molecular weight excluding hydrogens is 262 g/mol. The Balaban J connectivity index is 2.35. The highest BCUT2D eigenvalue weighted by Crippen LogP contribution is 2.30. The summed E-state index contributed by atoms with van der Waals surface area (Å²) in [6.45, 7) is 0.424. The van der Waals surface area contributed by atoms with E-state index in [1.54, 1.807) is 0 Å². The molecule has 0 spiro atoms. The second kappa shape index (κ2) is 5.68. The highest BCUT2D eigenvalue weighted by Gasteiger charge is 2.32. The van der Waals surface area contributed by atoms with Gasteiger partial charge in [0, 0.05) is 6.54 Å². The van der Waals surface area contributed by atoms with E-state index in [0.717, 1.165) is 12.8 Å². The van der Waals surface area contributed by atoms with Crippen LogP contribution >= 0.6 is 0 Å². The number of nitrogens with two attached hydrogens (primary N) is 1. The normalized spacial score (nSPS) is 19.9. The lowest BCUT2D eigenvalue weighted by Gasteiger charge is -2.35. The van der Waals surface area contributed by atoms with Crippen LogP contribution in [0.5, 0.6) is 11.5 Å². The van der Waals surface area contributed by atoms with E-state index in [1.165, 1.54) is 23.1 Å². The van der Waals surface area contributed by atoms with Crippen LogP contribution in [0.1, 0.15) is 29.6 Å². The van der Waals surface area contributed by atoms with E-state index in [0.29, 0.717) is 13.0 Å². The molecule has 0 aliphatic carbocycles. The highest BCUT2D eigenvalue weighted by molar-refractivity contribution is 6.02. The number of nitrogens with zero attached hydrogens (tertiary/aromatic N) is 2. The van der Waals surface area contributed by atoms with Crippen molar-refractivity contribution in [1.29, 1.82) is 0 Å². The van der Waals surface area contributed by atoms with Crippen LogP contribution in [0.15, 0.2) is 23.4 Å². The van der Waals surface area contributed by atoms with Crippen molar-refractivity contribution >= 4 is 11.7 Å². The molecule has 1 atom stereocenters. The summed E-state index contributed by atoms with van der Waals surface area (Å²) in [5, 5.41) is 31.3. The van der Waals surface area contributed by atoms with Gasteiger partial charge >= 0.3 is 0 Å². The van der Waals surface area contributed by atoms with E-state index >= 15 is 0 Å². The molecule has 1 saturated heterocycles. The number of benzene rings is 1. The van der Waals surface area contributed by atoms with Gasteiger partial charge in [0.15, 0.2) is 5.84 Å². The molecule has 0 radical (unpaired) electrons. The molecule has 108 valence electrons. The molecule has 1 fully saturated rings. The number of hydrogen-bond acceptors (Lipinski definition) is 5. The topological polar surface area (TPSA) is 119 Å². The molecule has 1 unspecified atom stereocenters. The third kappa shape index (κ3) is 2.47. The summed E-state index contributed by atoms with van der Waals surface area (Å²) in [6.07, 6.45) is 2.22. The molecule has 1 heterocycles. The van der Waals surface area contributed by atoms with Crippen molar-refractivity contribution in [3.05, 3.63) is 23.8 Å². The summed E-state index contributed by atoms with van der Waals surface area (Å²) < 4.78 is 0. The zero-order valence-electron chi connectivity index (χ0n) is 10.9. The summed E-state index contributed by atoms with van der Waals surface area (Å²) in [5.74, 6) is -1.16. The van der Waals surface area contributed by atoms with Gasteiger partial charge in [-0.3, -0.25) is 4.79 Å². The average Bonchev–Trinajstić information content (AvgIpc) is 2.46. The van der Waals surface area contributed by atoms with E-state index in [9.17, 15) is 15.0 Å². The van der Waals surface area contributed by atoms with Crippen LogP contribution in [0, 0.1) is 0 Å². The van der Waals surface area contributed by atoms with Crippen LogP contribution in [-0.4, -0.2) is 44.6 Å². The standard InChI is InChI=1S/C13H17N3O4/c14-12(15-20)8-4-1-2-7-16(8)13(19)11-9(17)5-3-6-10(11)18/h3,5-6,8,17-18,20H,1-2,4,7H2,(H2,14,15). The zero-order valence-corrected chi connectivity index (χ0v) is 10.9. The fourth-order valence-corrected chi connectivity index (χ4v) is 2.44. The van der Waals surface area contributed by atoms with Crippen LogP contribution in [0.3, 0.4) is 0 Å². The molecule has 7 heteroatoms. The number of aromatic hydroxyl groups is 2. The van der Waals surface area contributed by atoms with E-state index in [2.05, 4.69) is 5.16 Å². The SMILES string of the molecule is N/C(=N/O)C1CCCCN1C(=O)c1c(O)cccc1O. The van der Waals surface area contributed by atoms with Gasteiger partial charge in [0.1, 0.15) is 17.1 Å². The first-order valence-corrected chi connectivity index (χ1v) is 6.35. The molecule has 5 N–H and O–H groups in total. The number of hydrogen-bond donors (Lipinski definition) is 4. The number of phenolic OH excluding ortho intramolecular Hbond substituents is 2. The van der Waals surface area contributed by atoms with Crippen molar-refractivity contribution in [2.24, 2.45) is 10.9 Å². The summed E-state index contributed by atoms with van der Waals surface area (Å²) in [7, 11) is 0.